The third-order valence-corrected chi connectivity index (χ3v) is 4.89. The van der Waals surface area contributed by atoms with E-state index in [4.69, 9.17) is 4.74 Å². The van der Waals surface area contributed by atoms with Gasteiger partial charge in [0, 0.05) is 36.3 Å². The molecule has 1 aliphatic rings. The number of amides is 2. The van der Waals surface area contributed by atoms with Crippen LogP contribution < -0.4 is 10.1 Å². The van der Waals surface area contributed by atoms with Crippen LogP contribution in [0, 0.1) is 5.82 Å². The molecule has 0 spiro atoms. The maximum atomic E-state index is 13.7. The first-order valence-corrected chi connectivity index (χ1v) is 9.73. The first kappa shape index (κ1) is 20.3. The van der Waals surface area contributed by atoms with E-state index in [-0.39, 0.29) is 30.7 Å². The summed E-state index contributed by atoms with van der Waals surface area (Å²) in [4.78, 5) is 28.1. The first-order valence-electron chi connectivity index (χ1n) is 8.94. The minimum absolute atomic E-state index is 0.0489. The van der Waals surface area contributed by atoms with Crippen LogP contribution >= 0.6 is 15.9 Å². The molecule has 0 unspecified atom stereocenters. The van der Waals surface area contributed by atoms with Crippen LogP contribution in [0.4, 0.5) is 10.1 Å². The van der Waals surface area contributed by atoms with Crippen molar-refractivity contribution in [2.75, 3.05) is 44.6 Å². The molecule has 2 aromatic rings. The fourth-order valence-corrected chi connectivity index (χ4v) is 3.24. The van der Waals surface area contributed by atoms with Crippen molar-refractivity contribution in [3.05, 3.63) is 58.8 Å². The number of nitrogens with one attached hydrogen (secondary N) is 1. The second-order valence-corrected chi connectivity index (χ2v) is 7.35. The Balaban J connectivity index is 1.40. The summed E-state index contributed by atoms with van der Waals surface area (Å²) in [5.74, 6) is -0.750. The summed E-state index contributed by atoms with van der Waals surface area (Å²) in [7, 11) is 0. The largest absolute Gasteiger partial charge is 0.481 e. The molecule has 1 saturated heterocycles. The average Bonchev–Trinajstić information content (AvgIpc) is 2.68. The van der Waals surface area contributed by atoms with Crippen LogP contribution in [0.25, 0.3) is 0 Å². The zero-order valence-electron chi connectivity index (χ0n) is 15.2. The van der Waals surface area contributed by atoms with Gasteiger partial charge in [-0.1, -0.05) is 34.1 Å². The van der Waals surface area contributed by atoms with Crippen molar-refractivity contribution in [3.8, 4) is 5.75 Å². The number of halogens is 2. The topological polar surface area (TPSA) is 61.9 Å². The number of carbonyl (C=O) groups is 2. The second-order valence-electron chi connectivity index (χ2n) is 6.43. The summed E-state index contributed by atoms with van der Waals surface area (Å²) in [5, 5.41) is 2.85. The molecule has 148 valence electrons. The number of ether oxygens (including phenoxy) is 1. The molecule has 2 aromatic carbocycles. The molecule has 0 radical (unpaired) electrons. The van der Waals surface area contributed by atoms with Crippen molar-refractivity contribution in [1.29, 1.82) is 0 Å². The van der Waals surface area contributed by atoms with E-state index in [1.54, 1.807) is 11.0 Å². The fraction of sp³-hybridized carbons (Fsp3) is 0.300. The molecule has 1 fully saturated rings. The highest BCUT2D eigenvalue weighted by Crippen LogP contribution is 2.21. The minimum atomic E-state index is -0.517. The van der Waals surface area contributed by atoms with Gasteiger partial charge < -0.3 is 15.0 Å². The van der Waals surface area contributed by atoms with Gasteiger partial charge in [0.15, 0.2) is 18.2 Å². The monoisotopic (exact) mass is 449 g/mol. The van der Waals surface area contributed by atoms with Gasteiger partial charge in [-0.05, 0) is 30.3 Å². The van der Waals surface area contributed by atoms with Gasteiger partial charge in [0.2, 0.25) is 5.91 Å². The first-order chi connectivity index (χ1) is 13.5. The highest BCUT2D eigenvalue weighted by atomic mass is 79.9. The normalized spacial score (nSPS) is 14.6. The Morgan fingerprint density at radius 2 is 1.79 bits per heavy atom. The van der Waals surface area contributed by atoms with E-state index in [1.807, 2.05) is 35.2 Å². The molecule has 1 N–H and O–H groups in total. The molecule has 0 aromatic heterocycles. The Morgan fingerprint density at radius 1 is 1.07 bits per heavy atom. The van der Waals surface area contributed by atoms with Gasteiger partial charge in [0.05, 0.1) is 6.54 Å². The number of benzene rings is 2. The number of piperazine rings is 1. The molecule has 0 aliphatic carbocycles. The van der Waals surface area contributed by atoms with Crippen molar-refractivity contribution >= 4 is 33.4 Å². The zero-order valence-corrected chi connectivity index (χ0v) is 16.8. The Morgan fingerprint density at radius 3 is 2.46 bits per heavy atom. The van der Waals surface area contributed by atoms with E-state index in [9.17, 15) is 14.0 Å². The van der Waals surface area contributed by atoms with Crippen LogP contribution in [0.2, 0.25) is 0 Å². The van der Waals surface area contributed by atoms with Crippen LogP contribution in [0.3, 0.4) is 0 Å². The lowest BCUT2D eigenvalue weighted by molar-refractivity contribution is -0.135. The summed E-state index contributed by atoms with van der Waals surface area (Å²) < 4.78 is 19.7. The van der Waals surface area contributed by atoms with E-state index in [0.717, 1.165) is 5.69 Å². The lowest BCUT2D eigenvalue weighted by Gasteiger charge is -2.34. The summed E-state index contributed by atoms with van der Waals surface area (Å²) in [6.07, 6.45) is 0. The van der Waals surface area contributed by atoms with Gasteiger partial charge in [0.1, 0.15) is 0 Å². The number of hydrogen-bond donors (Lipinski definition) is 1. The van der Waals surface area contributed by atoms with Gasteiger partial charge in [-0.15, -0.1) is 0 Å². The van der Waals surface area contributed by atoms with Crippen molar-refractivity contribution in [2.45, 2.75) is 0 Å². The molecule has 28 heavy (non-hydrogen) atoms. The highest BCUT2D eigenvalue weighted by Gasteiger charge is 2.23. The molecule has 6 nitrogen and oxygen atoms in total. The minimum Gasteiger partial charge on any atom is -0.481 e. The Hall–Kier alpha value is -2.45. The number of nitrogens with zero attached hydrogens (tertiary/aromatic N) is 2. The molecule has 0 saturated carbocycles. The number of rotatable bonds is 6. The second kappa shape index (κ2) is 9.66. The Bertz CT molecular complexity index is 827. The molecule has 3 rings (SSSR count). The third kappa shape index (κ3) is 5.77. The Kier molecular flexibility index (Phi) is 7.00. The zero-order chi connectivity index (χ0) is 19.9. The van der Waals surface area contributed by atoms with E-state index in [2.05, 4.69) is 21.2 Å². The van der Waals surface area contributed by atoms with E-state index in [1.165, 1.54) is 12.1 Å². The molecule has 8 heteroatoms. The summed E-state index contributed by atoms with van der Waals surface area (Å²) >= 11 is 3.18. The SMILES string of the molecule is O=C(CN1CCN(C(=O)COc2ccc(Br)cc2F)CC1)Nc1ccccc1. The van der Waals surface area contributed by atoms with Crippen molar-refractivity contribution in [1.82, 2.24) is 9.80 Å². The average molecular weight is 450 g/mol. The lowest BCUT2D eigenvalue weighted by Crippen LogP contribution is -2.51. The van der Waals surface area contributed by atoms with Crippen LogP contribution in [0.15, 0.2) is 53.0 Å². The van der Waals surface area contributed by atoms with Crippen LogP contribution in [0.5, 0.6) is 5.75 Å². The third-order valence-electron chi connectivity index (χ3n) is 4.39. The van der Waals surface area contributed by atoms with E-state index >= 15 is 0 Å². The molecule has 2 amide bonds. The molecule has 0 bridgehead atoms. The van der Waals surface area contributed by atoms with E-state index < -0.39 is 5.82 Å². The maximum Gasteiger partial charge on any atom is 0.260 e. The quantitative estimate of drug-likeness (QED) is 0.736. The smallest absolute Gasteiger partial charge is 0.260 e. The molecular formula is C20H21BrFN3O3. The molecule has 0 atom stereocenters. The van der Waals surface area contributed by atoms with Crippen LogP contribution in [-0.2, 0) is 9.59 Å². The maximum absolute atomic E-state index is 13.7. The number of anilines is 1. The number of carbonyl (C=O) groups excluding carboxylic acids is 2. The van der Waals surface area contributed by atoms with Crippen molar-refractivity contribution < 1.29 is 18.7 Å². The van der Waals surface area contributed by atoms with Gasteiger partial charge in [-0.25, -0.2) is 4.39 Å². The lowest BCUT2D eigenvalue weighted by atomic mass is 10.3. The molecular weight excluding hydrogens is 429 g/mol. The summed E-state index contributed by atoms with van der Waals surface area (Å²) in [6.45, 7) is 2.26. The predicted molar refractivity (Wildman–Crippen MR) is 108 cm³/mol. The number of hydrogen-bond acceptors (Lipinski definition) is 4. The predicted octanol–water partition coefficient (Wildman–Crippen LogP) is 2.75. The standard InChI is InChI=1S/C20H21BrFN3O3/c21-15-6-7-18(17(22)12-15)28-14-20(27)25-10-8-24(9-11-25)13-19(26)23-16-4-2-1-3-5-16/h1-7,12H,8-11,13-14H2,(H,23,26). The van der Waals surface area contributed by atoms with Gasteiger partial charge in [-0.2, -0.15) is 0 Å². The van der Waals surface area contributed by atoms with Crippen molar-refractivity contribution in [2.24, 2.45) is 0 Å². The summed E-state index contributed by atoms with van der Waals surface area (Å²) in [6, 6.07) is 13.7. The van der Waals surface area contributed by atoms with Crippen LogP contribution in [-0.4, -0.2) is 60.9 Å². The van der Waals surface area contributed by atoms with Crippen LogP contribution in [0.1, 0.15) is 0 Å². The molecule has 1 heterocycles. The number of para-hydroxylation sites is 1. The van der Waals surface area contributed by atoms with Gasteiger partial charge in [-0.3, -0.25) is 14.5 Å². The summed E-state index contributed by atoms with van der Waals surface area (Å²) in [5.41, 5.74) is 0.763. The highest BCUT2D eigenvalue weighted by molar-refractivity contribution is 9.10. The van der Waals surface area contributed by atoms with Crippen molar-refractivity contribution in [3.63, 3.8) is 0 Å². The Labute approximate surface area is 171 Å². The van der Waals surface area contributed by atoms with E-state index in [0.29, 0.717) is 30.7 Å². The van der Waals surface area contributed by atoms with Gasteiger partial charge in [0.25, 0.3) is 5.91 Å². The molecule has 1 aliphatic heterocycles. The fourth-order valence-electron chi connectivity index (χ4n) is 2.90. The van der Waals surface area contributed by atoms with Gasteiger partial charge >= 0.3 is 0 Å².